The summed E-state index contributed by atoms with van der Waals surface area (Å²) < 4.78 is 5.05. The molecule has 4 nitrogen and oxygen atoms in total. The molecule has 2 aromatic rings. The monoisotopic (exact) mass is 192 g/mol. The molecule has 3 N–H and O–H groups in total. The Labute approximate surface area is 81.3 Å². The predicted octanol–water partition coefficient (Wildman–Crippen LogP) is 1.21. The van der Waals surface area contributed by atoms with Crippen molar-refractivity contribution in [2.75, 3.05) is 0 Å². The highest BCUT2D eigenvalue weighted by Gasteiger charge is 2.19. The second-order valence-electron chi connectivity index (χ2n) is 3.37. The highest BCUT2D eigenvalue weighted by Crippen LogP contribution is 2.24. The molecule has 0 aliphatic carbocycles. The summed E-state index contributed by atoms with van der Waals surface area (Å²) in [4.78, 5) is 0. The van der Waals surface area contributed by atoms with E-state index in [4.69, 9.17) is 10.3 Å². The third-order valence-corrected chi connectivity index (χ3v) is 2.18. The van der Waals surface area contributed by atoms with E-state index in [1.54, 1.807) is 13.0 Å². The SMILES string of the molecule is CC(N)C(O)c1noc2ccccc12. The van der Waals surface area contributed by atoms with Gasteiger partial charge < -0.3 is 15.4 Å². The van der Waals surface area contributed by atoms with Crippen molar-refractivity contribution in [2.45, 2.75) is 19.1 Å². The first kappa shape index (κ1) is 9.18. The molecule has 14 heavy (non-hydrogen) atoms. The lowest BCUT2D eigenvalue weighted by Gasteiger charge is -2.10. The van der Waals surface area contributed by atoms with Gasteiger partial charge in [-0.05, 0) is 19.1 Å². The lowest BCUT2D eigenvalue weighted by atomic mass is 10.1. The minimum Gasteiger partial charge on any atom is -0.385 e. The fourth-order valence-electron chi connectivity index (χ4n) is 1.37. The minimum atomic E-state index is -0.779. The summed E-state index contributed by atoms with van der Waals surface area (Å²) in [5, 5.41) is 14.4. The number of fused-ring (bicyclic) bond motifs is 1. The maximum atomic E-state index is 9.74. The Bertz CT molecular complexity index is 436. The smallest absolute Gasteiger partial charge is 0.167 e. The molecule has 2 rings (SSSR count). The molecule has 1 aromatic carbocycles. The van der Waals surface area contributed by atoms with E-state index >= 15 is 0 Å². The molecular formula is C10H12N2O2. The van der Waals surface area contributed by atoms with Crippen molar-refractivity contribution in [2.24, 2.45) is 5.73 Å². The van der Waals surface area contributed by atoms with Crippen LogP contribution >= 0.6 is 0 Å². The van der Waals surface area contributed by atoms with Crippen LogP contribution < -0.4 is 5.73 Å². The summed E-state index contributed by atoms with van der Waals surface area (Å²) in [5.74, 6) is 0. The van der Waals surface area contributed by atoms with Crippen LogP contribution in [0.1, 0.15) is 18.7 Å². The number of nitrogens with two attached hydrogens (primary N) is 1. The van der Waals surface area contributed by atoms with E-state index in [1.807, 2.05) is 18.2 Å². The lowest BCUT2D eigenvalue weighted by Crippen LogP contribution is -2.24. The molecule has 2 atom stereocenters. The molecule has 4 heteroatoms. The maximum absolute atomic E-state index is 9.74. The van der Waals surface area contributed by atoms with E-state index in [0.29, 0.717) is 11.3 Å². The summed E-state index contributed by atoms with van der Waals surface area (Å²) >= 11 is 0. The van der Waals surface area contributed by atoms with Gasteiger partial charge in [0.15, 0.2) is 5.58 Å². The Kier molecular flexibility index (Phi) is 2.23. The van der Waals surface area contributed by atoms with Gasteiger partial charge in [0.2, 0.25) is 0 Å². The molecule has 0 saturated carbocycles. The number of para-hydroxylation sites is 1. The second-order valence-corrected chi connectivity index (χ2v) is 3.37. The van der Waals surface area contributed by atoms with Crippen LogP contribution in [0.15, 0.2) is 28.8 Å². The van der Waals surface area contributed by atoms with Crippen molar-refractivity contribution in [1.82, 2.24) is 5.16 Å². The Balaban J connectivity index is 2.53. The Morgan fingerprint density at radius 2 is 2.14 bits per heavy atom. The minimum absolute atomic E-state index is 0.358. The highest BCUT2D eigenvalue weighted by molar-refractivity contribution is 5.79. The van der Waals surface area contributed by atoms with Crippen molar-refractivity contribution < 1.29 is 9.63 Å². The fourth-order valence-corrected chi connectivity index (χ4v) is 1.37. The largest absolute Gasteiger partial charge is 0.385 e. The van der Waals surface area contributed by atoms with Crippen LogP contribution in [0.25, 0.3) is 11.0 Å². The van der Waals surface area contributed by atoms with Gasteiger partial charge in [-0.25, -0.2) is 0 Å². The van der Waals surface area contributed by atoms with Gasteiger partial charge in [-0.1, -0.05) is 17.3 Å². The summed E-state index contributed by atoms with van der Waals surface area (Å²) in [6.45, 7) is 1.73. The van der Waals surface area contributed by atoms with Crippen molar-refractivity contribution >= 4 is 11.0 Å². The van der Waals surface area contributed by atoms with E-state index < -0.39 is 6.10 Å². The number of hydrogen-bond donors (Lipinski definition) is 2. The lowest BCUT2D eigenvalue weighted by molar-refractivity contribution is 0.145. The van der Waals surface area contributed by atoms with E-state index in [9.17, 15) is 5.11 Å². The number of aromatic nitrogens is 1. The van der Waals surface area contributed by atoms with E-state index in [-0.39, 0.29) is 6.04 Å². The summed E-state index contributed by atoms with van der Waals surface area (Å²) in [7, 11) is 0. The van der Waals surface area contributed by atoms with Crippen LogP contribution in [0.4, 0.5) is 0 Å². The molecule has 2 unspecified atom stereocenters. The molecule has 1 heterocycles. The third kappa shape index (κ3) is 1.38. The second kappa shape index (κ2) is 3.40. The number of hydrogen-bond acceptors (Lipinski definition) is 4. The first-order valence-electron chi connectivity index (χ1n) is 4.48. The van der Waals surface area contributed by atoms with Crippen LogP contribution in [0.2, 0.25) is 0 Å². The number of rotatable bonds is 2. The van der Waals surface area contributed by atoms with Gasteiger partial charge in [0, 0.05) is 11.4 Å². The van der Waals surface area contributed by atoms with Gasteiger partial charge in [-0.2, -0.15) is 0 Å². The molecule has 1 aromatic heterocycles. The predicted molar refractivity (Wildman–Crippen MR) is 52.6 cm³/mol. The van der Waals surface area contributed by atoms with Crippen LogP contribution in [-0.4, -0.2) is 16.3 Å². The average molecular weight is 192 g/mol. The molecule has 0 amide bonds. The van der Waals surface area contributed by atoms with Crippen LogP contribution in [0.3, 0.4) is 0 Å². The maximum Gasteiger partial charge on any atom is 0.167 e. The van der Waals surface area contributed by atoms with Crippen LogP contribution in [0, 0.1) is 0 Å². The summed E-state index contributed by atoms with van der Waals surface area (Å²) in [5.41, 5.74) is 6.77. The average Bonchev–Trinajstić information content (AvgIpc) is 2.60. The van der Waals surface area contributed by atoms with Crippen molar-refractivity contribution in [3.63, 3.8) is 0 Å². The quantitative estimate of drug-likeness (QED) is 0.750. The zero-order valence-electron chi connectivity index (χ0n) is 7.84. The molecule has 0 aliphatic rings. The third-order valence-electron chi connectivity index (χ3n) is 2.18. The van der Waals surface area contributed by atoms with Crippen LogP contribution in [-0.2, 0) is 0 Å². The fraction of sp³-hybridized carbons (Fsp3) is 0.300. The highest BCUT2D eigenvalue weighted by atomic mass is 16.5. The molecule has 0 aliphatic heterocycles. The van der Waals surface area contributed by atoms with Gasteiger partial charge in [0.1, 0.15) is 11.8 Å². The summed E-state index contributed by atoms with van der Waals surface area (Å²) in [6.07, 6.45) is -0.779. The topological polar surface area (TPSA) is 72.3 Å². The van der Waals surface area contributed by atoms with Crippen molar-refractivity contribution in [3.8, 4) is 0 Å². The van der Waals surface area contributed by atoms with Gasteiger partial charge in [-0.15, -0.1) is 0 Å². The van der Waals surface area contributed by atoms with Gasteiger partial charge >= 0.3 is 0 Å². The zero-order valence-corrected chi connectivity index (χ0v) is 7.84. The molecule has 0 fully saturated rings. The molecule has 0 radical (unpaired) electrons. The zero-order chi connectivity index (χ0) is 10.1. The van der Waals surface area contributed by atoms with Gasteiger partial charge in [0.05, 0.1) is 0 Å². The van der Waals surface area contributed by atoms with Gasteiger partial charge in [0.25, 0.3) is 0 Å². The molecule has 0 saturated heterocycles. The molecule has 0 spiro atoms. The number of aliphatic hydroxyl groups is 1. The molecule has 74 valence electrons. The first-order valence-corrected chi connectivity index (χ1v) is 4.48. The Hall–Kier alpha value is -1.39. The molecular weight excluding hydrogens is 180 g/mol. The molecule has 0 bridgehead atoms. The number of aliphatic hydroxyl groups excluding tert-OH is 1. The number of benzene rings is 1. The first-order chi connectivity index (χ1) is 6.70. The van der Waals surface area contributed by atoms with E-state index in [1.165, 1.54) is 0 Å². The standard InChI is InChI=1S/C10H12N2O2/c1-6(11)10(13)9-7-4-2-3-5-8(7)14-12-9/h2-6,10,13H,11H2,1H3. The number of nitrogens with zero attached hydrogens (tertiary/aromatic N) is 1. The van der Waals surface area contributed by atoms with E-state index in [0.717, 1.165) is 5.39 Å². The Morgan fingerprint density at radius 1 is 1.43 bits per heavy atom. The Morgan fingerprint density at radius 3 is 2.86 bits per heavy atom. The van der Waals surface area contributed by atoms with Gasteiger partial charge in [-0.3, -0.25) is 0 Å². The van der Waals surface area contributed by atoms with Crippen molar-refractivity contribution in [3.05, 3.63) is 30.0 Å². The summed E-state index contributed by atoms with van der Waals surface area (Å²) in [6, 6.07) is 7.03. The van der Waals surface area contributed by atoms with Crippen LogP contribution in [0.5, 0.6) is 0 Å². The normalized spacial score (nSPS) is 15.6. The van der Waals surface area contributed by atoms with E-state index in [2.05, 4.69) is 5.16 Å². The van der Waals surface area contributed by atoms with Crippen molar-refractivity contribution in [1.29, 1.82) is 0 Å².